The predicted octanol–water partition coefficient (Wildman–Crippen LogP) is 4.95. The molecular formula is C29H35NO8. The van der Waals surface area contributed by atoms with Gasteiger partial charge in [-0.15, -0.1) is 0 Å². The number of methoxy groups -OCH3 is 4. The van der Waals surface area contributed by atoms with E-state index in [4.69, 9.17) is 23.7 Å². The van der Waals surface area contributed by atoms with E-state index < -0.39 is 11.9 Å². The predicted molar refractivity (Wildman–Crippen MR) is 142 cm³/mol. The van der Waals surface area contributed by atoms with Gasteiger partial charge in [-0.2, -0.15) is 0 Å². The highest BCUT2D eigenvalue weighted by molar-refractivity contribution is 5.98. The van der Waals surface area contributed by atoms with Crippen molar-refractivity contribution in [3.8, 4) is 11.5 Å². The van der Waals surface area contributed by atoms with E-state index in [0.29, 0.717) is 55.2 Å². The molecule has 1 aliphatic rings. The van der Waals surface area contributed by atoms with Crippen molar-refractivity contribution in [2.75, 3.05) is 48.1 Å². The van der Waals surface area contributed by atoms with Crippen LogP contribution in [0.25, 0.3) is 5.57 Å². The summed E-state index contributed by atoms with van der Waals surface area (Å²) in [6.07, 6.45) is 0.839. The van der Waals surface area contributed by atoms with Gasteiger partial charge in [0, 0.05) is 13.1 Å². The maximum absolute atomic E-state index is 12.7. The molecule has 9 nitrogen and oxygen atoms in total. The molecule has 0 saturated carbocycles. The van der Waals surface area contributed by atoms with Crippen molar-refractivity contribution in [2.45, 2.75) is 33.6 Å². The second-order valence-corrected chi connectivity index (χ2v) is 8.90. The van der Waals surface area contributed by atoms with Gasteiger partial charge in [-0.3, -0.25) is 0 Å². The molecule has 0 spiro atoms. The molecule has 2 aromatic rings. The highest BCUT2D eigenvalue weighted by atomic mass is 16.6. The lowest BCUT2D eigenvalue weighted by Crippen LogP contribution is -2.37. The molecule has 0 N–H and O–H groups in total. The lowest BCUT2D eigenvalue weighted by atomic mass is 9.85. The topological polar surface area (TPSA) is 101 Å². The molecule has 38 heavy (non-hydrogen) atoms. The average molecular weight is 526 g/mol. The Morgan fingerprint density at radius 1 is 0.763 bits per heavy atom. The number of amides is 1. The fourth-order valence-electron chi connectivity index (χ4n) is 4.90. The normalized spacial score (nSPS) is 13.0. The molecule has 1 saturated heterocycles. The van der Waals surface area contributed by atoms with E-state index in [1.54, 1.807) is 24.0 Å². The fourth-order valence-corrected chi connectivity index (χ4v) is 4.90. The molecule has 0 unspecified atom stereocenters. The first-order valence-electron chi connectivity index (χ1n) is 12.4. The summed E-state index contributed by atoms with van der Waals surface area (Å²) in [6.45, 7) is 6.78. The molecule has 1 aliphatic heterocycles. The van der Waals surface area contributed by atoms with E-state index in [2.05, 4.69) is 0 Å². The first-order valence-corrected chi connectivity index (χ1v) is 12.4. The van der Waals surface area contributed by atoms with Crippen molar-refractivity contribution < 1.29 is 38.1 Å². The van der Waals surface area contributed by atoms with Crippen molar-refractivity contribution in [1.82, 2.24) is 4.90 Å². The average Bonchev–Trinajstić information content (AvgIpc) is 2.92. The Labute approximate surface area is 223 Å². The maximum atomic E-state index is 12.7. The number of esters is 2. The number of rotatable bonds is 7. The highest BCUT2D eigenvalue weighted by Crippen LogP contribution is 2.39. The third kappa shape index (κ3) is 5.77. The molecule has 1 amide bonds. The molecule has 204 valence electrons. The van der Waals surface area contributed by atoms with Gasteiger partial charge in [0.05, 0.1) is 35.0 Å². The molecule has 0 aromatic heterocycles. The second kappa shape index (κ2) is 12.5. The lowest BCUT2D eigenvalue weighted by molar-refractivity contribution is 0.0588. The molecule has 1 heterocycles. The number of benzene rings is 2. The Morgan fingerprint density at radius 2 is 1.21 bits per heavy atom. The molecule has 1 fully saturated rings. The van der Waals surface area contributed by atoms with Gasteiger partial charge in [-0.1, -0.05) is 5.57 Å². The van der Waals surface area contributed by atoms with Crippen LogP contribution in [0.4, 0.5) is 4.79 Å². The Balaban J connectivity index is 2.27. The monoisotopic (exact) mass is 525 g/mol. The number of aryl methyl sites for hydroxylation is 2. The summed E-state index contributed by atoms with van der Waals surface area (Å²) in [6, 6.07) is 7.38. The summed E-state index contributed by atoms with van der Waals surface area (Å²) in [4.78, 5) is 39.3. The molecule has 0 bridgehead atoms. The Kier molecular flexibility index (Phi) is 9.39. The molecule has 0 radical (unpaired) electrons. The third-order valence-electron chi connectivity index (χ3n) is 6.59. The van der Waals surface area contributed by atoms with Crippen molar-refractivity contribution in [2.24, 2.45) is 0 Å². The number of ether oxygens (including phenoxy) is 5. The molecule has 2 aromatic carbocycles. The Hall–Kier alpha value is -4.01. The van der Waals surface area contributed by atoms with Crippen LogP contribution in [0.1, 0.15) is 62.7 Å². The van der Waals surface area contributed by atoms with Crippen molar-refractivity contribution in [1.29, 1.82) is 0 Å². The zero-order valence-corrected chi connectivity index (χ0v) is 23.1. The van der Waals surface area contributed by atoms with Crippen LogP contribution < -0.4 is 9.47 Å². The van der Waals surface area contributed by atoms with Crippen molar-refractivity contribution in [3.05, 3.63) is 63.2 Å². The minimum absolute atomic E-state index is 0.297. The summed E-state index contributed by atoms with van der Waals surface area (Å²) in [5.41, 5.74) is 5.58. The minimum atomic E-state index is -0.519. The van der Waals surface area contributed by atoms with Crippen LogP contribution in [0.3, 0.4) is 0 Å². The number of carbonyl (C=O) groups is 3. The number of likely N-dealkylation sites (tertiary alicyclic amines) is 1. The lowest BCUT2D eigenvalue weighted by Gasteiger charge is -2.30. The van der Waals surface area contributed by atoms with Crippen LogP contribution in [-0.2, 0) is 14.2 Å². The van der Waals surface area contributed by atoms with Crippen LogP contribution in [-0.4, -0.2) is 71.1 Å². The fraction of sp³-hybridized carbons (Fsp3) is 0.414. The van der Waals surface area contributed by atoms with E-state index in [9.17, 15) is 14.4 Å². The van der Waals surface area contributed by atoms with E-state index in [1.165, 1.54) is 28.4 Å². The van der Waals surface area contributed by atoms with E-state index in [0.717, 1.165) is 33.4 Å². The highest BCUT2D eigenvalue weighted by Gasteiger charge is 2.26. The van der Waals surface area contributed by atoms with Crippen LogP contribution in [0.15, 0.2) is 29.8 Å². The van der Waals surface area contributed by atoms with Gasteiger partial charge >= 0.3 is 18.0 Å². The molecular weight excluding hydrogens is 490 g/mol. The number of carbonyl (C=O) groups excluding carboxylic acids is 3. The number of hydrogen-bond donors (Lipinski definition) is 0. The van der Waals surface area contributed by atoms with Gasteiger partial charge in [-0.25, -0.2) is 14.4 Å². The van der Waals surface area contributed by atoms with Gasteiger partial charge in [0.1, 0.15) is 22.6 Å². The van der Waals surface area contributed by atoms with Crippen molar-refractivity contribution in [3.63, 3.8) is 0 Å². The van der Waals surface area contributed by atoms with E-state index in [-0.39, 0.29) is 6.09 Å². The van der Waals surface area contributed by atoms with E-state index in [1.807, 2.05) is 26.0 Å². The summed E-state index contributed by atoms with van der Waals surface area (Å²) in [5.74, 6) is -0.171. The van der Waals surface area contributed by atoms with Crippen LogP contribution in [0, 0.1) is 13.8 Å². The summed E-state index contributed by atoms with van der Waals surface area (Å²) in [7, 11) is 5.66. The summed E-state index contributed by atoms with van der Waals surface area (Å²) >= 11 is 0. The van der Waals surface area contributed by atoms with Gasteiger partial charge in [0.2, 0.25) is 0 Å². The number of nitrogens with zero attached hydrogens (tertiary/aromatic N) is 1. The van der Waals surface area contributed by atoms with Gasteiger partial charge in [-0.05, 0) is 85.7 Å². The maximum Gasteiger partial charge on any atom is 0.409 e. The smallest absolute Gasteiger partial charge is 0.409 e. The number of hydrogen-bond acceptors (Lipinski definition) is 8. The summed E-state index contributed by atoms with van der Waals surface area (Å²) < 4.78 is 26.3. The zero-order chi connectivity index (χ0) is 28.0. The van der Waals surface area contributed by atoms with Crippen LogP contribution in [0.5, 0.6) is 11.5 Å². The first kappa shape index (κ1) is 28.6. The Bertz CT molecular complexity index is 1180. The molecule has 9 heteroatoms. The minimum Gasteiger partial charge on any atom is -0.496 e. The third-order valence-corrected chi connectivity index (χ3v) is 6.59. The molecule has 0 aliphatic carbocycles. The first-order chi connectivity index (χ1) is 18.2. The standard InChI is InChI=1S/C29H35NO8/c1-8-38-29(33)30-11-9-19(10-12-30)24(20-13-17(2)25(34-4)22(15-20)27(31)36-6)21-14-18(3)26(35-5)23(16-21)28(32)37-7/h13-16H,8-12H2,1-7H3. The van der Waals surface area contributed by atoms with Crippen LogP contribution >= 0.6 is 0 Å². The second-order valence-electron chi connectivity index (χ2n) is 8.90. The number of piperidine rings is 1. The zero-order valence-electron chi connectivity index (χ0n) is 23.1. The molecule has 0 atom stereocenters. The summed E-state index contributed by atoms with van der Waals surface area (Å²) in [5, 5.41) is 0. The molecule has 3 rings (SSSR count). The SMILES string of the molecule is CCOC(=O)N1CCC(=C(c2cc(C)c(OC)c(C(=O)OC)c2)c2cc(C)c(OC)c(C(=O)OC)c2)CC1. The van der Waals surface area contributed by atoms with Gasteiger partial charge in [0.25, 0.3) is 0 Å². The van der Waals surface area contributed by atoms with Crippen LogP contribution in [0.2, 0.25) is 0 Å². The van der Waals surface area contributed by atoms with Gasteiger partial charge < -0.3 is 28.6 Å². The Morgan fingerprint density at radius 3 is 1.58 bits per heavy atom. The van der Waals surface area contributed by atoms with E-state index >= 15 is 0 Å². The quantitative estimate of drug-likeness (QED) is 0.370. The van der Waals surface area contributed by atoms with Crippen molar-refractivity contribution >= 4 is 23.6 Å². The van der Waals surface area contributed by atoms with Gasteiger partial charge in [0.15, 0.2) is 0 Å². The largest absolute Gasteiger partial charge is 0.496 e.